The first-order chi connectivity index (χ1) is 8.15. The summed E-state index contributed by atoms with van der Waals surface area (Å²) in [6.07, 6.45) is 1.77. The largest absolute Gasteiger partial charge is 0.399 e. The molecular formula is C13H16N4. The van der Waals surface area contributed by atoms with Gasteiger partial charge in [-0.15, -0.1) is 0 Å². The van der Waals surface area contributed by atoms with Gasteiger partial charge in [0, 0.05) is 17.6 Å². The molecule has 0 aliphatic carbocycles. The molecule has 4 nitrogen and oxygen atoms in total. The van der Waals surface area contributed by atoms with Gasteiger partial charge in [-0.25, -0.2) is 9.97 Å². The van der Waals surface area contributed by atoms with Gasteiger partial charge in [0.15, 0.2) is 0 Å². The second kappa shape index (κ2) is 4.82. The maximum atomic E-state index is 5.75. The van der Waals surface area contributed by atoms with Crippen LogP contribution >= 0.6 is 0 Å². The van der Waals surface area contributed by atoms with Gasteiger partial charge in [-0.2, -0.15) is 0 Å². The average molecular weight is 228 g/mol. The minimum Gasteiger partial charge on any atom is -0.399 e. The molecule has 0 amide bonds. The maximum absolute atomic E-state index is 5.75. The highest BCUT2D eigenvalue weighted by atomic mass is 14.9. The summed E-state index contributed by atoms with van der Waals surface area (Å²) in [6, 6.07) is 7.74. The molecule has 3 N–H and O–H groups in total. The van der Waals surface area contributed by atoms with Crippen molar-refractivity contribution in [2.75, 3.05) is 11.1 Å². The molecule has 0 saturated heterocycles. The van der Waals surface area contributed by atoms with E-state index in [0.29, 0.717) is 6.54 Å². The van der Waals surface area contributed by atoms with E-state index >= 15 is 0 Å². The van der Waals surface area contributed by atoms with Crippen LogP contribution in [0.2, 0.25) is 0 Å². The molecule has 2 rings (SSSR count). The molecule has 0 atom stereocenters. The summed E-state index contributed by atoms with van der Waals surface area (Å²) >= 11 is 0. The van der Waals surface area contributed by atoms with E-state index in [-0.39, 0.29) is 0 Å². The van der Waals surface area contributed by atoms with Gasteiger partial charge >= 0.3 is 0 Å². The predicted molar refractivity (Wildman–Crippen MR) is 69.7 cm³/mol. The van der Waals surface area contributed by atoms with Crippen molar-refractivity contribution in [1.82, 2.24) is 9.97 Å². The van der Waals surface area contributed by atoms with Crippen LogP contribution in [0.25, 0.3) is 0 Å². The highest BCUT2D eigenvalue weighted by Crippen LogP contribution is 2.18. The molecule has 88 valence electrons. The third-order valence-corrected chi connectivity index (χ3v) is 2.56. The lowest BCUT2D eigenvalue weighted by molar-refractivity contribution is 0.954. The molecule has 1 aromatic carbocycles. The minimum absolute atomic E-state index is 0.674. The normalized spacial score (nSPS) is 10.2. The van der Waals surface area contributed by atoms with E-state index in [0.717, 1.165) is 22.9 Å². The number of rotatable bonds is 3. The Morgan fingerprint density at radius 3 is 2.82 bits per heavy atom. The number of nitrogen functional groups attached to an aromatic ring is 1. The molecule has 2 aromatic rings. The Labute approximate surface area is 101 Å². The molecule has 0 saturated carbocycles. The molecule has 0 spiro atoms. The van der Waals surface area contributed by atoms with Crippen molar-refractivity contribution in [3.05, 3.63) is 47.5 Å². The Kier molecular flexibility index (Phi) is 3.23. The van der Waals surface area contributed by atoms with Crippen LogP contribution in [0, 0.1) is 13.8 Å². The number of aryl methyl sites for hydroxylation is 2. The SMILES string of the molecule is Cc1nccc(CNc2cc(N)ccc2C)n1. The van der Waals surface area contributed by atoms with Gasteiger partial charge < -0.3 is 11.1 Å². The Hall–Kier alpha value is -2.10. The second-order valence-corrected chi connectivity index (χ2v) is 4.02. The number of nitrogens with one attached hydrogen (secondary N) is 1. The van der Waals surface area contributed by atoms with E-state index in [2.05, 4.69) is 15.3 Å². The lowest BCUT2D eigenvalue weighted by Gasteiger charge is -2.10. The summed E-state index contributed by atoms with van der Waals surface area (Å²) in [7, 11) is 0. The Bertz CT molecular complexity index is 523. The number of nitrogens with zero attached hydrogens (tertiary/aromatic N) is 2. The fourth-order valence-electron chi connectivity index (χ4n) is 1.62. The zero-order valence-corrected chi connectivity index (χ0v) is 10.1. The van der Waals surface area contributed by atoms with Crippen molar-refractivity contribution in [2.24, 2.45) is 0 Å². The Morgan fingerprint density at radius 1 is 1.24 bits per heavy atom. The molecule has 0 unspecified atom stereocenters. The molecule has 0 radical (unpaired) electrons. The van der Waals surface area contributed by atoms with E-state index < -0.39 is 0 Å². The van der Waals surface area contributed by atoms with Crippen LogP contribution in [0.1, 0.15) is 17.1 Å². The highest BCUT2D eigenvalue weighted by Gasteiger charge is 2.00. The first-order valence-electron chi connectivity index (χ1n) is 5.53. The van der Waals surface area contributed by atoms with Gasteiger partial charge in [0.2, 0.25) is 0 Å². The van der Waals surface area contributed by atoms with Crippen molar-refractivity contribution < 1.29 is 0 Å². The number of hydrogen-bond donors (Lipinski definition) is 2. The lowest BCUT2D eigenvalue weighted by atomic mass is 10.2. The first-order valence-corrected chi connectivity index (χ1v) is 5.53. The van der Waals surface area contributed by atoms with E-state index in [4.69, 9.17) is 5.73 Å². The third kappa shape index (κ3) is 2.93. The summed E-state index contributed by atoms with van der Waals surface area (Å²) in [4.78, 5) is 8.40. The summed E-state index contributed by atoms with van der Waals surface area (Å²) in [6.45, 7) is 4.61. The molecule has 0 bridgehead atoms. The fraction of sp³-hybridized carbons (Fsp3) is 0.231. The maximum Gasteiger partial charge on any atom is 0.125 e. The van der Waals surface area contributed by atoms with Gasteiger partial charge in [0.1, 0.15) is 5.82 Å². The summed E-state index contributed by atoms with van der Waals surface area (Å²) in [5.41, 5.74) is 9.70. The quantitative estimate of drug-likeness (QED) is 0.791. The van der Waals surface area contributed by atoms with Gasteiger partial charge in [-0.1, -0.05) is 6.07 Å². The summed E-state index contributed by atoms with van der Waals surface area (Å²) in [5.74, 6) is 0.786. The standard InChI is InChI=1S/C13H16N4/c1-9-3-4-11(14)7-13(9)16-8-12-5-6-15-10(2)17-12/h3-7,16H,8,14H2,1-2H3. The molecule has 0 aliphatic heterocycles. The van der Waals surface area contributed by atoms with Crippen molar-refractivity contribution in [3.8, 4) is 0 Å². The Morgan fingerprint density at radius 2 is 2.06 bits per heavy atom. The fourth-order valence-corrected chi connectivity index (χ4v) is 1.62. The van der Waals surface area contributed by atoms with E-state index in [1.165, 1.54) is 5.56 Å². The van der Waals surface area contributed by atoms with Gasteiger partial charge in [-0.3, -0.25) is 0 Å². The topological polar surface area (TPSA) is 63.8 Å². The average Bonchev–Trinajstić information content (AvgIpc) is 2.30. The summed E-state index contributed by atoms with van der Waals surface area (Å²) < 4.78 is 0. The van der Waals surface area contributed by atoms with Crippen molar-refractivity contribution >= 4 is 11.4 Å². The smallest absolute Gasteiger partial charge is 0.125 e. The zero-order valence-electron chi connectivity index (χ0n) is 10.1. The summed E-state index contributed by atoms with van der Waals surface area (Å²) in [5, 5.41) is 3.33. The molecular weight excluding hydrogens is 212 g/mol. The van der Waals surface area contributed by atoms with E-state index in [1.54, 1.807) is 6.20 Å². The first kappa shape index (κ1) is 11.4. The number of anilines is 2. The number of benzene rings is 1. The van der Waals surface area contributed by atoms with Crippen LogP contribution in [0.5, 0.6) is 0 Å². The van der Waals surface area contributed by atoms with Gasteiger partial charge in [0.25, 0.3) is 0 Å². The van der Waals surface area contributed by atoms with Crippen molar-refractivity contribution in [3.63, 3.8) is 0 Å². The Balaban J connectivity index is 2.09. The molecule has 1 heterocycles. The van der Waals surface area contributed by atoms with Gasteiger partial charge in [-0.05, 0) is 37.6 Å². The molecule has 17 heavy (non-hydrogen) atoms. The van der Waals surface area contributed by atoms with Crippen LogP contribution < -0.4 is 11.1 Å². The van der Waals surface area contributed by atoms with Crippen LogP contribution in [-0.4, -0.2) is 9.97 Å². The van der Waals surface area contributed by atoms with E-state index in [1.807, 2.05) is 38.1 Å². The van der Waals surface area contributed by atoms with E-state index in [9.17, 15) is 0 Å². The molecule has 0 fully saturated rings. The van der Waals surface area contributed by atoms with Crippen LogP contribution in [0.15, 0.2) is 30.5 Å². The van der Waals surface area contributed by atoms with Crippen LogP contribution in [0.3, 0.4) is 0 Å². The number of nitrogens with two attached hydrogens (primary N) is 1. The number of hydrogen-bond acceptors (Lipinski definition) is 4. The monoisotopic (exact) mass is 228 g/mol. The van der Waals surface area contributed by atoms with Crippen LogP contribution in [0.4, 0.5) is 11.4 Å². The van der Waals surface area contributed by atoms with Crippen LogP contribution in [-0.2, 0) is 6.54 Å². The number of aromatic nitrogens is 2. The molecule has 1 aromatic heterocycles. The third-order valence-electron chi connectivity index (χ3n) is 2.56. The van der Waals surface area contributed by atoms with Crippen molar-refractivity contribution in [1.29, 1.82) is 0 Å². The minimum atomic E-state index is 0.674. The second-order valence-electron chi connectivity index (χ2n) is 4.02. The lowest BCUT2D eigenvalue weighted by Crippen LogP contribution is -2.04. The zero-order chi connectivity index (χ0) is 12.3. The highest BCUT2D eigenvalue weighted by molar-refractivity contribution is 5.59. The predicted octanol–water partition coefficient (Wildman–Crippen LogP) is 2.29. The molecule has 4 heteroatoms. The van der Waals surface area contributed by atoms with Crippen molar-refractivity contribution in [2.45, 2.75) is 20.4 Å². The molecule has 0 aliphatic rings. The van der Waals surface area contributed by atoms with Gasteiger partial charge in [0.05, 0.1) is 12.2 Å².